The fourth-order valence-corrected chi connectivity index (χ4v) is 4.13. The quantitative estimate of drug-likeness (QED) is 0.609. The summed E-state index contributed by atoms with van der Waals surface area (Å²) >= 11 is 7.03. The van der Waals surface area contributed by atoms with Gasteiger partial charge in [-0.3, -0.25) is 14.5 Å². The second kappa shape index (κ2) is 8.21. The van der Waals surface area contributed by atoms with Gasteiger partial charge in [-0.15, -0.1) is 11.3 Å². The number of primary amides is 1. The van der Waals surface area contributed by atoms with Gasteiger partial charge >= 0.3 is 6.09 Å². The Morgan fingerprint density at radius 3 is 2.57 bits per heavy atom. The molecule has 0 spiro atoms. The summed E-state index contributed by atoms with van der Waals surface area (Å²) in [5.74, 6) is -0.787. The highest BCUT2D eigenvalue weighted by molar-refractivity contribution is 7.18. The van der Waals surface area contributed by atoms with Crippen molar-refractivity contribution in [3.8, 4) is 5.69 Å². The van der Waals surface area contributed by atoms with E-state index in [4.69, 9.17) is 22.1 Å². The largest absolute Gasteiger partial charge is 0.442 e. The van der Waals surface area contributed by atoms with Gasteiger partial charge in [-0.1, -0.05) is 11.6 Å². The number of nitrogens with one attached hydrogen (secondary N) is 1. The van der Waals surface area contributed by atoms with E-state index in [1.165, 1.54) is 16.2 Å². The van der Waals surface area contributed by atoms with Crippen molar-refractivity contribution in [2.45, 2.75) is 6.10 Å². The van der Waals surface area contributed by atoms with Gasteiger partial charge in [-0.2, -0.15) is 0 Å². The van der Waals surface area contributed by atoms with Crippen molar-refractivity contribution in [1.29, 1.82) is 0 Å². The van der Waals surface area contributed by atoms with Gasteiger partial charge in [0.25, 0.3) is 11.8 Å². The van der Waals surface area contributed by atoms with E-state index in [1.807, 2.05) is 0 Å². The predicted molar refractivity (Wildman–Crippen MR) is 114 cm³/mol. The number of nitrogens with two attached hydrogens (primary N) is 1. The Kier molecular flexibility index (Phi) is 5.47. The third-order valence-corrected chi connectivity index (χ3v) is 5.83. The molecule has 1 fully saturated rings. The fourth-order valence-electron chi connectivity index (χ4n) is 3.17. The average Bonchev–Trinajstić information content (AvgIpc) is 3.46. The molecule has 4 rings (SSSR count). The highest BCUT2D eigenvalue weighted by Gasteiger charge is 2.32. The number of nitrogens with zero attached hydrogens (tertiary/aromatic N) is 2. The molecule has 0 radical (unpaired) electrons. The maximum atomic E-state index is 12.3. The summed E-state index contributed by atoms with van der Waals surface area (Å²) in [6, 6.07) is 13.8. The third-order valence-electron chi connectivity index (χ3n) is 4.60. The number of hydrogen-bond acceptors (Lipinski definition) is 5. The molecular formula is C20H17ClN4O4S. The minimum absolute atomic E-state index is 0.194. The number of anilines is 1. The normalized spacial score (nSPS) is 15.8. The number of aromatic nitrogens is 1. The average molecular weight is 445 g/mol. The second-order valence-corrected chi connectivity index (χ2v) is 8.29. The van der Waals surface area contributed by atoms with Crippen LogP contribution >= 0.6 is 22.9 Å². The van der Waals surface area contributed by atoms with Gasteiger partial charge in [0, 0.05) is 17.6 Å². The monoisotopic (exact) mass is 444 g/mol. The SMILES string of the molecule is NC(=O)c1cccn1-c1ccc(N2C[C@H](CNC(=O)c3ccc(Cl)s3)OC2=O)cc1. The maximum Gasteiger partial charge on any atom is 0.414 e. The Morgan fingerprint density at radius 2 is 1.90 bits per heavy atom. The van der Waals surface area contributed by atoms with Gasteiger partial charge < -0.3 is 20.4 Å². The van der Waals surface area contributed by atoms with E-state index in [0.29, 0.717) is 27.1 Å². The third kappa shape index (κ3) is 4.03. The summed E-state index contributed by atoms with van der Waals surface area (Å²) in [5.41, 5.74) is 7.14. The zero-order valence-electron chi connectivity index (χ0n) is 15.6. The van der Waals surface area contributed by atoms with Gasteiger partial charge in [0.15, 0.2) is 0 Å². The van der Waals surface area contributed by atoms with E-state index in [0.717, 1.165) is 5.69 Å². The molecule has 0 unspecified atom stereocenters. The molecule has 10 heteroatoms. The molecule has 2 aromatic heterocycles. The number of amides is 3. The van der Waals surface area contributed by atoms with Gasteiger partial charge in [-0.25, -0.2) is 4.79 Å². The molecule has 1 aliphatic heterocycles. The lowest BCUT2D eigenvalue weighted by Gasteiger charge is -2.14. The lowest BCUT2D eigenvalue weighted by Crippen LogP contribution is -2.34. The summed E-state index contributed by atoms with van der Waals surface area (Å²) in [7, 11) is 0. The van der Waals surface area contributed by atoms with Gasteiger partial charge in [0.05, 0.1) is 22.3 Å². The maximum absolute atomic E-state index is 12.3. The van der Waals surface area contributed by atoms with Crippen molar-refractivity contribution in [3.63, 3.8) is 0 Å². The highest BCUT2D eigenvalue weighted by atomic mass is 35.5. The van der Waals surface area contributed by atoms with Crippen molar-refractivity contribution in [1.82, 2.24) is 9.88 Å². The molecule has 8 nitrogen and oxygen atoms in total. The van der Waals surface area contributed by atoms with Crippen molar-refractivity contribution in [2.75, 3.05) is 18.0 Å². The number of carbonyl (C=O) groups excluding carboxylic acids is 3. The van der Waals surface area contributed by atoms with Crippen LogP contribution in [0.25, 0.3) is 5.69 Å². The Labute approximate surface area is 180 Å². The van der Waals surface area contributed by atoms with Gasteiger partial charge in [0.2, 0.25) is 0 Å². The van der Waals surface area contributed by atoms with Crippen LogP contribution in [-0.4, -0.2) is 41.7 Å². The first-order valence-corrected chi connectivity index (χ1v) is 10.2. The molecule has 30 heavy (non-hydrogen) atoms. The fraction of sp³-hybridized carbons (Fsp3) is 0.150. The number of carbonyl (C=O) groups is 3. The van der Waals surface area contributed by atoms with Crippen LogP contribution in [0, 0.1) is 0 Å². The number of benzene rings is 1. The lowest BCUT2D eigenvalue weighted by atomic mass is 10.2. The summed E-state index contributed by atoms with van der Waals surface area (Å²) in [5, 5.41) is 2.75. The number of thiophene rings is 1. The first-order chi connectivity index (χ1) is 14.4. The van der Waals surface area contributed by atoms with Crippen LogP contribution in [0.4, 0.5) is 10.5 Å². The second-order valence-electron chi connectivity index (χ2n) is 6.57. The molecule has 0 aliphatic carbocycles. The minimum Gasteiger partial charge on any atom is -0.442 e. The Bertz CT molecular complexity index is 1110. The van der Waals surface area contributed by atoms with E-state index in [9.17, 15) is 14.4 Å². The number of hydrogen-bond donors (Lipinski definition) is 2. The van der Waals surface area contributed by atoms with Gasteiger partial charge in [0.1, 0.15) is 11.8 Å². The molecule has 3 N–H and O–H groups in total. The van der Waals surface area contributed by atoms with Crippen LogP contribution < -0.4 is 16.0 Å². The van der Waals surface area contributed by atoms with E-state index in [-0.39, 0.29) is 12.5 Å². The zero-order chi connectivity index (χ0) is 21.3. The number of ether oxygens (including phenoxy) is 1. The molecule has 1 aliphatic rings. The molecule has 3 amide bonds. The van der Waals surface area contributed by atoms with Crippen LogP contribution in [0.15, 0.2) is 54.7 Å². The zero-order valence-corrected chi connectivity index (χ0v) is 17.2. The summed E-state index contributed by atoms with van der Waals surface area (Å²) in [4.78, 5) is 37.9. The van der Waals surface area contributed by atoms with Crippen LogP contribution in [-0.2, 0) is 4.74 Å². The summed E-state index contributed by atoms with van der Waals surface area (Å²) in [6.45, 7) is 0.500. The Hall–Kier alpha value is -3.30. The van der Waals surface area contributed by atoms with Crippen LogP contribution in [0.1, 0.15) is 20.2 Å². The first-order valence-electron chi connectivity index (χ1n) is 9.01. The molecule has 1 saturated heterocycles. The van der Waals surface area contributed by atoms with Crippen LogP contribution in [0.3, 0.4) is 0 Å². The first kappa shape index (κ1) is 20.0. The van der Waals surface area contributed by atoms with Gasteiger partial charge in [-0.05, 0) is 48.5 Å². The van der Waals surface area contributed by atoms with E-state index < -0.39 is 18.1 Å². The molecular weight excluding hydrogens is 428 g/mol. The van der Waals surface area contributed by atoms with E-state index in [2.05, 4.69) is 5.32 Å². The Balaban J connectivity index is 1.40. The highest BCUT2D eigenvalue weighted by Crippen LogP contribution is 2.24. The van der Waals surface area contributed by atoms with Crippen molar-refractivity contribution >= 4 is 46.5 Å². The minimum atomic E-state index is -0.526. The Morgan fingerprint density at radius 1 is 1.17 bits per heavy atom. The lowest BCUT2D eigenvalue weighted by molar-refractivity contribution is 0.0919. The molecule has 3 aromatic rings. The summed E-state index contributed by atoms with van der Waals surface area (Å²) < 4.78 is 7.56. The van der Waals surface area contributed by atoms with Crippen LogP contribution in [0.2, 0.25) is 4.34 Å². The standard InChI is InChI=1S/C20H17ClN4O4S/c21-17-8-7-16(30-17)19(27)23-10-14-11-25(20(28)29-14)13-5-3-12(4-6-13)24-9-1-2-15(24)18(22)26/h1-9,14H,10-11H2,(H2,22,26)(H,23,27)/t14-/m0/s1. The summed E-state index contributed by atoms with van der Waals surface area (Å²) in [6.07, 6.45) is 0.779. The smallest absolute Gasteiger partial charge is 0.414 e. The van der Waals surface area contributed by atoms with E-state index >= 15 is 0 Å². The molecule has 0 bridgehead atoms. The molecule has 0 saturated carbocycles. The topological polar surface area (TPSA) is 107 Å². The van der Waals surface area contributed by atoms with Crippen molar-refractivity contribution in [2.24, 2.45) is 5.73 Å². The van der Waals surface area contributed by atoms with Crippen LogP contribution in [0.5, 0.6) is 0 Å². The number of rotatable bonds is 6. The van der Waals surface area contributed by atoms with Crippen molar-refractivity contribution < 1.29 is 19.1 Å². The predicted octanol–water partition coefficient (Wildman–Crippen LogP) is 3.05. The van der Waals surface area contributed by atoms with Crippen molar-refractivity contribution in [3.05, 3.63) is 69.6 Å². The molecule has 3 heterocycles. The number of cyclic esters (lactones) is 1. The molecule has 1 aromatic carbocycles. The molecule has 1 atom stereocenters. The number of halogens is 1. The van der Waals surface area contributed by atoms with E-state index in [1.54, 1.807) is 59.3 Å². The molecule has 154 valence electrons.